The van der Waals surface area contributed by atoms with Gasteiger partial charge in [-0.25, -0.2) is 0 Å². The molecule has 30 heavy (non-hydrogen) atoms. The summed E-state index contributed by atoms with van der Waals surface area (Å²) in [6.45, 7) is 10.3. The maximum absolute atomic E-state index is 12.2. The summed E-state index contributed by atoms with van der Waals surface area (Å²) >= 11 is 0. The number of nitrogens with zero attached hydrogens (tertiary/aromatic N) is 3. The average molecular weight is 420 g/mol. The first kappa shape index (κ1) is 21.9. The largest absolute Gasteiger partial charge is 0.462 e. The van der Waals surface area contributed by atoms with E-state index < -0.39 is 5.79 Å². The molecule has 1 aliphatic heterocycles. The van der Waals surface area contributed by atoms with Crippen LogP contribution in [0.25, 0.3) is 10.4 Å². The Kier molecular flexibility index (Phi) is 5.84. The van der Waals surface area contributed by atoms with Crippen LogP contribution < -0.4 is 0 Å². The van der Waals surface area contributed by atoms with Crippen LogP contribution >= 0.6 is 0 Å². The van der Waals surface area contributed by atoms with Crippen LogP contribution in [0.3, 0.4) is 0 Å². The van der Waals surface area contributed by atoms with Gasteiger partial charge < -0.3 is 14.2 Å². The van der Waals surface area contributed by atoms with E-state index in [1.807, 2.05) is 0 Å². The van der Waals surface area contributed by atoms with Crippen molar-refractivity contribution >= 4 is 5.97 Å². The number of carbonyl (C=O) groups is 1. The van der Waals surface area contributed by atoms with Gasteiger partial charge in [0.05, 0.1) is 13.2 Å². The molecular formula is C23H37N3O4. The van der Waals surface area contributed by atoms with Crippen LogP contribution in [0.2, 0.25) is 0 Å². The highest BCUT2D eigenvalue weighted by atomic mass is 16.7. The van der Waals surface area contributed by atoms with Gasteiger partial charge in [0.25, 0.3) is 0 Å². The molecule has 0 amide bonds. The van der Waals surface area contributed by atoms with E-state index >= 15 is 0 Å². The molecule has 7 nitrogen and oxygen atoms in total. The van der Waals surface area contributed by atoms with Crippen molar-refractivity contribution in [1.29, 1.82) is 0 Å². The van der Waals surface area contributed by atoms with Crippen molar-refractivity contribution in [1.82, 2.24) is 0 Å². The third-order valence-corrected chi connectivity index (χ3v) is 9.30. The van der Waals surface area contributed by atoms with Crippen LogP contribution in [-0.4, -0.2) is 37.6 Å². The van der Waals surface area contributed by atoms with Gasteiger partial charge in [-0.05, 0) is 54.9 Å². The normalized spacial score (nSPS) is 45.0. The van der Waals surface area contributed by atoms with Crippen molar-refractivity contribution in [2.45, 2.75) is 84.5 Å². The smallest absolute Gasteiger partial charge is 0.302 e. The van der Waals surface area contributed by atoms with Crippen LogP contribution in [0.5, 0.6) is 0 Å². The zero-order chi connectivity index (χ0) is 21.6. The lowest BCUT2D eigenvalue weighted by atomic mass is 9.51. The van der Waals surface area contributed by atoms with Crippen LogP contribution in [0.1, 0.15) is 72.6 Å². The Hall–Kier alpha value is -1.30. The van der Waals surface area contributed by atoms with E-state index in [4.69, 9.17) is 19.7 Å². The average Bonchev–Trinajstić information content (AvgIpc) is 3.29. The Bertz CT molecular complexity index is 717. The third kappa shape index (κ3) is 3.34. The van der Waals surface area contributed by atoms with E-state index in [2.05, 4.69) is 30.8 Å². The predicted octanol–water partition coefficient (Wildman–Crippen LogP) is 5.24. The van der Waals surface area contributed by atoms with Crippen LogP contribution in [0.4, 0.5) is 0 Å². The van der Waals surface area contributed by atoms with Gasteiger partial charge in [-0.1, -0.05) is 32.3 Å². The number of fused-ring (bicyclic) bond motifs is 2. The molecule has 4 aliphatic rings. The van der Waals surface area contributed by atoms with Crippen LogP contribution in [0, 0.1) is 34.5 Å². The van der Waals surface area contributed by atoms with Crippen molar-refractivity contribution < 1.29 is 19.0 Å². The predicted molar refractivity (Wildman–Crippen MR) is 112 cm³/mol. The molecule has 3 aliphatic carbocycles. The topological polar surface area (TPSA) is 93.5 Å². The van der Waals surface area contributed by atoms with Crippen molar-refractivity contribution in [3.63, 3.8) is 0 Å². The Morgan fingerprint density at radius 2 is 1.83 bits per heavy atom. The molecule has 0 radical (unpaired) electrons. The molecule has 4 rings (SSSR count). The highest BCUT2D eigenvalue weighted by Crippen LogP contribution is 2.65. The van der Waals surface area contributed by atoms with Crippen molar-refractivity contribution in [3.05, 3.63) is 10.4 Å². The number of azide groups is 1. The number of rotatable bonds is 4. The van der Waals surface area contributed by atoms with E-state index in [9.17, 15) is 4.79 Å². The molecule has 0 N–H and O–H groups in total. The van der Waals surface area contributed by atoms with Gasteiger partial charge in [0.1, 0.15) is 6.10 Å². The second-order valence-corrected chi connectivity index (χ2v) is 10.7. The molecule has 0 aromatic rings. The minimum Gasteiger partial charge on any atom is -0.462 e. The molecule has 3 saturated carbocycles. The number of esters is 1. The number of hydrogen-bond acceptors (Lipinski definition) is 5. The number of carbonyl (C=O) groups excluding carboxylic acids is 1. The fraction of sp³-hybridized carbons (Fsp3) is 0.957. The number of hydrogen-bond donors (Lipinski definition) is 0. The lowest BCUT2D eigenvalue weighted by Crippen LogP contribution is -2.58. The first-order valence-corrected chi connectivity index (χ1v) is 11.7. The molecule has 4 fully saturated rings. The highest BCUT2D eigenvalue weighted by molar-refractivity contribution is 5.66. The van der Waals surface area contributed by atoms with Gasteiger partial charge in [0, 0.05) is 42.1 Å². The summed E-state index contributed by atoms with van der Waals surface area (Å²) in [6, 6.07) is 0. The minimum atomic E-state index is -0.520. The molecule has 1 saturated heterocycles. The third-order valence-electron chi connectivity index (χ3n) is 9.30. The van der Waals surface area contributed by atoms with Crippen LogP contribution in [-0.2, 0) is 19.0 Å². The maximum Gasteiger partial charge on any atom is 0.302 e. The molecular weight excluding hydrogens is 382 g/mol. The Labute approximate surface area is 179 Å². The van der Waals surface area contributed by atoms with Crippen molar-refractivity contribution in [3.8, 4) is 0 Å². The van der Waals surface area contributed by atoms with Gasteiger partial charge in [0.2, 0.25) is 0 Å². The Balaban J connectivity index is 1.67. The van der Waals surface area contributed by atoms with E-state index in [0.717, 1.165) is 38.5 Å². The zero-order valence-corrected chi connectivity index (χ0v) is 18.9. The van der Waals surface area contributed by atoms with Gasteiger partial charge >= 0.3 is 5.97 Å². The van der Waals surface area contributed by atoms with E-state index in [-0.39, 0.29) is 34.7 Å². The Morgan fingerprint density at radius 3 is 2.50 bits per heavy atom. The molecule has 7 heteroatoms. The summed E-state index contributed by atoms with van der Waals surface area (Å²) in [7, 11) is 0. The fourth-order valence-electron chi connectivity index (χ4n) is 7.57. The molecule has 7 atom stereocenters. The molecule has 168 valence electrons. The minimum absolute atomic E-state index is 0.00467. The molecule has 0 bridgehead atoms. The van der Waals surface area contributed by atoms with E-state index in [1.165, 1.54) is 13.3 Å². The molecule has 0 unspecified atom stereocenters. The van der Waals surface area contributed by atoms with Gasteiger partial charge in [0.15, 0.2) is 5.79 Å². The lowest BCUT2D eigenvalue weighted by molar-refractivity contribution is -0.252. The summed E-state index contributed by atoms with van der Waals surface area (Å²) < 4.78 is 18.5. The van der Waals surface area contributed by atoms with Crippen LogP contribution in [0.15, 0.2) is 5.11 Å². The summed E-state index contributed by atoms with van der Waals surface area (Å²) in [5, 5.41) is 3.98. The number of ether oxygens (including phenoxy) is 3. The highest BCUT2D eigenvalue weighted by Gasteiger charge is 2.67. The molecule has 0 aromatic carbocycles. The summed E-state index contributed by atoms with van der Waals surface area (Å²) in [4.78, 5) is 15.3. The maximum atomic E-state index is 12.2. The summed E-state index contributed by atoms with van der Waals surface area (Å²) in [6.07, 6.45) is 7.01. The molecule has 1 heterocycles. The second kappa shape index (κ2) is 7.99. The van der Waals surface area contributed by atoms with E-state index in [0.29, 0.717) is 31.6 Å². The quantitative estimate of drug-likeness (QED) is 0.269. The van der Waals surface area contributed by atoms with Gasteiger partial charge in [-0.15, -0.1) is 0 Å². The van der Waals surface area contributed by atoms with Gasteiger partial charge in [-0.2, -0.15) is 0 Å². The van der Waals surface area contributed by atoms with Gasteiger partial charge in [-0.3, -0.25) is 4.79 Å². The standard InChI is InChI=1S/C23H37N3O4/c1-15-5-8-21(3,17(13-15)14-25-26-24)18-6-9-22(4)19(20(18)30-16(2)27)7-10-23(22)28-11-12-29-23/h15,17-20H,5-14H2,1-4H3/t15-,17+,18-,19-,20+,21-,22-/m0/s1. The fourth-order valence-corrected chi connectivity index (χ4v) is 7.57. The summed E-state index contributed by atoms with van der Waals surface area (Å²) in [5.41, 5.74) is 8.81. The monoisotopic (exact) mass is 419 g/mol. The second-order valence-electron chi connectivity index (χ2n) is 10.7. The van der Waals surface area contributed by atoms with Crippen molar-refractivity contribution in [2.75, 3.05) is 19.8 Å². The Morgan fingerprint density at radius 1 is 1.13 bits per heavy atom. The first-order valence-electron chi connectivity index (χ1n) is 11.7. The SMILES string of the molecule is CC(=O)O[C@@H]1[C@@H]([C@@]2(C)CC[C@H](C)C[C@@H]2CN=[N+]=[N-])CC[C@@]2(C)[C@H]1CCC21OCCO1. The lowest BCUT2D eigenvalue weighted by Gasteiger charge is -2.57. The van der Waals surface area contributed by atoms with E-state index in [1.54, 1.807) is 0 Å². The summed E-state index contributed by atoms with van der Waals surface area (Å²) in [5.74, 6) is 0.722. The zero-order valence-electron chi connectivity index (χ0n) is 18.9. The first-order chi connectivity index (χ1) is 14.3. The molecule has 0 aromatic heterocycles. The molecule has 1 spiro atoms. The van der Waals surface area contributed by atoms with Crippen molar-refractivity contribution in [2.24, 2.45) is 39.6 Å².